The van der Waals surface area contributed by atoms with Gasteiger partial charge in [-0.15, -0.1) is 15.3 Å². The Morgan fingerprint density at radius 3 is 2.49 bits per heavy atom. The van der Waals surface area contributed by atoms with E-state index in [-0.39, 0.29) is 17.9 Å². The number of carbonyl (C=O) groups excluding carboxylic acids is 1. The van der Waals surface area contributed by atoms with Gasteiger partial charge in [0.1, 0.15) is 5.82 Å². The summed E-state index contributed by atoms with van der Waals surface area (Å²) < 4.78 is 1.81. The third-order valence-electron chi connectivity index (χ3n) is 6.85. The number of benzene rings is 2. The molecular weight excluding hydrogens is 436 g/mol. The fourth-order valence-electron chi connectivity index (χ4n) is 4.66. The molecule has 5 rings (SSSR count). The van der Waals surface area contributed by atoms with Crippen molar-refractivity contribution in [1.29, 1.82) is 0 Å². The Labute approximate surface area is 206 Å². The van der Waals surface area contributed by atoms with Crippen LogP contribution in [-0.2, 0) is 11.2 Å². The highest BCUT2D eigenvalue weighted by molar-refractivity contribution is 5.79. The molecule has 0 unspecified atom stereocenters. The molecule has 0 saturated carbocycles. The molecule has 0 aliphatic carbocycles. The SMILES string of the molecule is Cc1ccc(-c2nnc3ccc(N4CCC(C(=O)N[C@@H](C)CCc5ccccc5)CC4)nn23)cc1. The minimum Gasteiger partial charge on any atom is -0.355 e. The van der Waals surface area contributed by atoms with Gasteiger partial charge < -0.3 is 10.2 Å². The van der Waals surface area contributed by atoms with Crippen LogP contribution in [0.5, 0.6) is 0 Å². The first kappa shape index (κ1) is 23.0. The molecule has 1 amide bonds. The number of rotatable bonds is 7. The van der Waals surface area contributed by atoms with Crippen LogP contribution in [0.4, 0.5) is 5.82 Å². The fourth-order valence-corrected chi connectivity index (χ4v) is 4.66. The predicted octanol–water partition coefficient (Wildman–Crippen LogP) is 4.45. The van der Waals surface area contributed by atoms with Gasteiger partial charge in [-0.2, -0.15) is 4.52 Å². The Hall–Kier alpha value is -3.74. The minimum atomic E-state index is 0.0483. The summed E-state index contributed by atoms with van der Waals surface area (Å²) in [6.07, 6.45) is 3.57. The number of anilines is 1. The molecular formula is C28H32N6O. The van der Waals surface area contributed by atoms with E-state index in [2.05, 4.69) is 70.7 Å². The summed E-state index contributed by atoms with van der Waals surface area (Å²) in [5.41, 5.74) is 4.23. The second kappa shape index (κ2) is 10.3. The first-order chi connectivity index (χ1) is 17.1. The van der Waals surface area contributed by atoms with Crippen LogP contribution in [0, 0.1) is 12.8 Å². The predicted molar refractivity (Wildman–Crippen MR) is 138 cm³/mol. The Balaban J connectivity index is 1.18. The van der Waals surface area contributed by atoms with Crippen LogP contribution in [0.25, 0.3) is 17.0 Å². The van der Waals surface area contributed by atoms with Crippen molar-refractivity contribution in [3.63, 3.8) is 0 Å². The second-order valence-corrected chi connectivity index (χ2v) is 9.55. The fraction of sp³-hybridized carbons (Fsp3) is 0.357. The van der Waals surface area contributed by atoms with Crippen molar-refractivity contribution in [1.82, 2.24) is 25.1 Å². The molecule has 4 aromatic rings. The van der Waals surface area contributed by atoms with Crippen molar-refractivity contribution in [3.8, 4) is 11.4 Å². The van der Waals surface area contributed by atoms with Crippen LogP contribution in [0.15, 0.2) is 66.7 Å². The molecule has 35 heavy (non-hydrogen) atoms. The van der Waals surface area contributed by atoms with E-state index in [0.29, 0.717) is 0 Å². The monoisotopic (exact) mass is 468 g/mol. The van der Waals surface area contributed by atoms with Gasteiger partial charge in [-0.05, 0) is 57.2 Å². The number of fused-ring (bicyclic) bond motifs is 1. The van der Waals surface area contributed by atoms with Gasteiger partial charge in [-0.1, -0.05) is 60.2 Å². The molecule has 180 valence electrons. The first-order valence-electron chi connectivity index (χ1n) is 12.5. The van der Waals surface area contributed by atoms with Gasteiger partial charge in [0.15, 0.2) is 11.5 Å². The molecule has 1 saturated heterocycles. The molecule has 0 radical (unpaired) electrons. The minimum absolute atomic E-state index is 0.0483. The highest BCUT2D eigenvalue weighted by atomic mass is 16.1. The van der Waals surface area contributed by atoms with Gasteiger partial charge in [0.05, 0.1) is 0 Å². The molecule has 1 fully saturated rings. The van der Waals surface area contributed by atoms with Crippen molar-refractivity contribution in [2.45, 2.75) is 45.6 Å². The molecule has 7 nitrogen and oxygen atoms in total. The number of hydrogen-bond acceptors (Lipinski definition) is 5. The van der Waals surface area contributed by atoms with E-state index in [1.807, 2.05) is 34.8 Å². The number of nitrogens with zero attached hydrogens (tertiary/aromatic N) is 5. The Morgan fingerprint density at radius 1 is 1.00 bits per heavy atom. The molecule has 2 aromatic heterocycles. The number of amides is 1. The standard InChI is InChI=1S/C28H32N6O/c1-20-8-12-23(13-9-20)27-31-30-25-14-15-26(32-34(25)27)33-18-16-24(17-19-33)28(35)29-21(2)10-11-22-6-4-3-5-7-22/h3-9,12-15,21,24H,10-11,16-19H2,1-2H3,(H,29,35)/t21-/m0/s1. The van der Waals surface area contributed by atoms with Gasteiger partial charge in [0.25, 0.3) is 0 Å². The van der Waals surface area contributed by atoms with Crippen molar-refractivity contribution in [3.05, 3.63) is 77.9 Å². The maximum Gasteiger partial charge on any atom is 0.223 e. The van der Waals surface area contributed by atoms with E-state index < -0.39 is 0 Å². The summed E-state index contributed by atoms with van der Waals surface area (Å²) >= 11 is 0. The van der Waals surface area contributed by atoms with Crippen LogP contribution in [0.2, 0.25) is 0 Å². The molecule has 2 aromatic carbocycles. The third kappa shape index (κ3) is 5.34. The van der Waals surface area contributed by atoms with Gasteiger partial charge in [-0.25, -0.2) is 0 Å². The maximum atomic E-state index is 12.9. The van der Waals surface area contributed by atoms with Crippen LogP contribution in [0.3, 0.4) is 0 Å². The lowest BCUT2D eigenvalue weighted by Crippen LogP contribution is -2.43. The summed E-state index contributed by atoms with van der Waals surface area (Å²) in [5.74, 6) is 1.85. The molecule has 7 heteroatoms. The topological polar surface area (TPSA) is 75.4 Å². The van der Waals surface area contributed by atoms with Crippen molar-refractivity contribution in [2.75, 3.05) is 18.0 Å². The summed E-state index contributed by atoms with van der Waals surface area (Å²) in [6, 6.07) is 22.8. The van der Waals surface area contributed by atoms with Crippen LogP contribution < -0.4 is 10.2 Å². The van der Waals surface area contributed by atoms with Gasteiger partial charge >= 0.3 is 0 Å². The highest BCUT2D eigenvalue weighted by Gasteiger charge is 2.26. The lowest BCUT2D eigenvalue weighted by Gasteiger charge is -2.32. The molecule has 1 N–H and O–H groups in total. The Morgan fingerprint density at radius 2 is 1.74 bits per heavy atom. The van der Waals surface area contributed by atoms with E-state index >= 15 is 0 Å². The molecule has 1 atom stereocenters. The highest BCUT2D eigenvalue weighted by Crippen LogP contribution is 2.24. The first-order valence-corrected chi connectivity index (χ1v) is 12.5. The number of carbonyl (C=O) groups is 1. The maximum absolute atomic E-state index is 12.9. The van der Waals surface area contributed by atoms with E-state index in [0.717, 1.165) is 61.6 Å². The van der Waals surface area contributed by atoms with E-state index in [1.54, 1.807) is 0 Å². The largest absolute Gasteiger partial charge is 0.355 e. The van der Waals surface area contributed by atoms with Crippen LogP contribution in [-0.4, -0.2) is 44.8 Å². The lowest BCUT2D eigenvalue weighted by atomic mass is 9.95. The van der Waals surface area contributed by atoms with E-state index in [9.17, 15) is 4.79 Å². The summed E-state index contributed by atoms with van der Waals surface area (Å²) in [7, 11) is 0. The van der Waals surface area contributed by atoms with Crippen molar-refractivity contribution < 1.29 is 4.79 Å². The molecule has 0 bridgehead atoms. The third-order valence-corrected chi connectivity index (χ3v) is 6.85. The zero-order valence-corrected chi connectivity index (χ0v) is 20.4. The van der Waals surface area contributed by atoms with Gasteiger partial charge in [-0.3, -0.25) is 4.79 Å². The number of aryl methyl sites for hydroxylation is 2. The second-order valence-electron chi connectivity index (χ2n) is 9.55. The Bertz CT molecular complexity index is 1280. The number of piperidine rings is 1. The van der Waals surface area contributed by atoms with Crippen molar-refractivity contribution in [2.24, 2.45) is 5.92 Å². The lowest BCUT2D eigenvalue weighted by molar-refractivity contribution is -0.126. The van der Waals surface area contributed by atoms with Gasteiger partial charge in [0.2, 0.25) is 5.91 Å². The number of nitrogens with one attached hydrogen (secondary N) is 1. The van der Waals surface area contributed by atoms with Crippen LogP contribution >= 0.6 is 0 Å². The smallest absolute Gasteiger partial charge is 0.223 e. The summed E-state index contributed by atoms with van der Waals surface area (Å²) in [6.45, 7) is 5.77. The molecule has 1 aliphatic rings. The quantitative estimate of drug-likeness (QED) is 0.434. The van der Waals surface area contributed by atoms with E-state index in [1.165, 1.54) is 11.1 Å². The van der Waals surface area contributed by atoms with Crippen LogP contribution in [0.1, 0.15) is 37.3 Å². The molecule has 3 heterocycles. The number of aromatic nitrogens is 4. The zero-order chi connectivity index (χ0) is 24.2. The number of hydrogen-bond donors (Lipinski definition) is 1. The zero-order valence-electron chi connectivity index (χ0n) is 20.4. The van der Waals surface area contributed by atoms with E-state index in [4.69, 9.17) is 5.10 Å². The van der Waals surface area contributed by atoms with Crippen molar-refractivity contribution >= 4 is 17.4 Å². The average Bonchev–Trinajstić information content (AvgIpc) is 3.32. The summed E-state index contributed by atoms with van der Waals surface area (Å²) in [5, 5.41) is 16.7. The molecule has 1 aliphatic heterocycles. The molecule has 0 spiro atoms. The van der Waals surface area contributed by atoms with Gasteiger partial charge in [0, 0.05) is 30.6 Å². The average molecular weight is 469 g/mol. The normalized spacial score (nSPS) is 15.3. The Kier molecular flexibility index (Phi) is 6.75. The summed E-state index contributed by atoms with van der Waals surface area (Å²) in [4.78, 5) is 15.1.